The van der Waals surface area contributed by atoms with E-state index < -0.39 is 8.32 Å². The molecule has 0 aliphatic heterocycles. The summed E-state index contributed by atoms with van der Waals surface area (Å²) in [6, 6.07) is 20.5. The molecule has 2 nitrogen and oxygen atoms in total. The number of aliphatic hydroxyl groups is 1. The number of benzene rings is 2. The maximum Gasteiger partial charge on any atom is 0.258 e. The molecule has 2 aromatic carbocycles. The second-order valence-corrected chi connectivity index (χ2v) is 12.1. The van der Waals surface area contributed by atoms with Crippen molar-refractivity contribution < 1.29 is 9.90 Å². The Kier molecular flexibility index (Phi) is 5.47. The molecule has 0 aromatic heterocycles. The highest BCUT2D eigenvalue weighted by Crippen LogP contribution is 2.42. The summed E-state index contributed by atoms with van der Waals surface area (Å²) in [5.41, 5.74) is 0. The standard InChI is InChI=1S/C22H30O2Si/c1-22(2,15-9-10-18-16-19(23)17-18)25(24,20-11-5-3-6-12-20)21-13-7-4-8-14-21/h3-8,11-14,18-19,23-24H,9-10,15-17H2,1-2H3/t18-,19+. The lowest BCUT2D eigenvalue weighted by Crippen LogP contribution is -2.65. The molecule has 0 bridgehead atoms. The molecular formula is C22H30O2Si. The van der Waals surface area contributed by atoms with Crippen molar-refractivity contribution in [3.8, 4) is 0 Å². The van der Waals surface area contributed by atoms with Crippen LogP contribution in [-0.2, 0) is 0 Å². The lowest BCUT2D eigenvalue weighted by atomic mass is 9.79. The molecule has 1 aliphatic carbocycles. The Balaban J connectivity index is 1.83. The minimum absolute atomic E-state index is 0.0713. The van der Waals surface area contributed by atoms with Crippen molar-refractivity contribution >= 4 is 18.7 Å². The van der Waals surface area contributed by atoms with Crippen molar-refractivity contribution in [3.05, 3.63) is 60.7 Å². The van der Waals surface area contributed by atoms with Crippen LogP contribution in [0, 0.1) is 5.92 Å². The summed E-state index contributed by atoms with van der Waals surface area (Å²) in [5, 5.41) is 11.5. The van der Waals surface area contributed by atoms with Crippen LogP contribution in [0.2, 0.25) is 5.04 Å². The van der Waals surface area contributed by atoms with E-state index in [-0.39, 0.29) is 11.1 Å². The van der Waals surface area contributed by atoms with Crippen LogP contribution in [0.3, 0.4) is 0 Å². The average molecular weight is 355 g/mol. The van der Waals surface area contributed by atoms with E-state index >= 15 is 0 Å². The zero-order valence-corrected chi connectivity index (χ0v) is 16.4. The van der Waals surface area contributed by atoms with Crippen molar-refractivity contribution in [2.45, 2.75) is 57.1 Å². The maximum absolute atomic E-state index is 12.1. The fourth-order valence-corrected chi connectivity index (χ4v) is 8.04. The first kappa shape index (κ1) is 18.4. The molecule has 0 amide bonds. The zero-order chi connectivity index (χ0) is 17.9. The van der Waals surface area contributed by atoms with Gasteiger partial charge in [-0.3, -0.25) is 0 Å². The Morgan fingerprint density at radius 3 is 1.84 bits per heavy atom. The quantitative estimate of drug-likeness (QED) is 0.748. The van der Waals surface area contributed by atoms with Gasteiger partial charge in [-0.1, -0.05) is 87.4 Å². The van der Waals surface area contributed by atoms with E-state index in [1.165, 1.54) is 0 Å². The molecule has 1 fully saturated rings. The fourth-order valence-electron chi connectivity index (χ4n) is 4.26. The van der Waals surface area contributed by atoms with Crippen molar-refractivity contribution in [2.75, 3.05) is 0 Å². The monoisotopic (exact) mass is 354 g/mol. The molecule has 1 aliphatic rings. The molecule has 1 saturated carbocycles. The van der Waals surface area contributed by atoms with Gasteiger partial charge in [0.2, 0.25) is 0 Å². The molecule has 0 spiro atoms. The highest BCUT2D eigenvalue weighted by atomic mass is 28.4. The van der Waals surface area contributed by atoms with Gasteiger partial charge in [0.1, 0.15) is 0 Å². The van der Waals surface area contributed by atoms with Gasteiger partial charge >= 0.3 is 0 Å². The Labute approximate surface area is 152 Å². The summed E-state index contributed by atoms with van der Waals surface area (Å²) in [7, 11) is -2.86. The average Bonchev–Trinajstić information content (AvgIpc) is 2.60. The summed E-state index contributed by atoms with van der Waals surface area (Å²) in [5.74, 6) is 0.675. The first-order chi connectivity index (χ1) is 11.9. The van der Waals surface area contributed by atoms with Gasteiger partial charge in [0.15, 0.2) is 0 Å². The summed E-state index contributed by atoms with van der Waals surface area (Å²) >= 11 is 0. The zero-order valence-electron chi connectivity index (χ0n) is 15.4. The Hall–Kier alpha value is -1.42. The minimum Gasteiger partial charge on any atom is -0.424 e. The molecule has 0 radical (unpaired) electrons. The molecule has 0 unspecified atom stereocenters. The first-order valence-corrected chi connectivity index (χ1v) is 11.4. The van der Waals surface area contributed by atoms with E-state index in [2.05, 4.69) is 38.1 Å². The normalized spacial score (nSPS) is 21.0. The Bertz CT molecular complexity index is 623. The van der Waals surface area contributed by atoms with Crippen LogP contribution in [0.1, 0.15) is 46.0 Å². The van der Waals surface area contributed by atoms with Crippen LogP contribution in [-0.4, -0.2) is 24.3 Å². The highest BCUT2D eigenvalue weighted by Gasteiger charge is 2.49. The topological polar surface area (TPSA) is 40.5 Å². The van der Waals surface area contributed by atoms with Gasteiger partial charge in [0, 0.05) is 0 Å². The van der Waals surface area contributed by atoms with Crippen molar-refractivity contribution in [1.29, 1.82) is 0 Å². The third-order valence-electron chi connectivity index (χ3n) is 5.99. The van der Waals surface area contributed by atoms with E-state index in [0.717, 1.165) is 42.5 Å². The second kappa shape index (κ2) is 7.44. The second-order valence-electron chi connectivity index (χ2n) is 8.21. The van der Waals surface area contributed by atoms with Gasteiger partial charge in [0.05, 0.1) is 6.10 Å². The van der Waals surface area contributed by atoms with Crippen LogP contribution in [0.5, 0.6) is 0 Å². The Morgan fingerprint density at radius 1 is 0.920 bits per heavy atom. The van der Waals surface area contributed by atoms with Crippen molar-refractivity contribution in [2.24, 2.45) is 5.92 Å². The molecule has 134 valence electrons. The van der Waals surface area contributed by atoms with E-state index in [1.807, 2.05) is 36.4 Å². The Morgan fingerprint density at radius 2 is 1.40 bits per heavy atom. The van der Waals surface area contributed by atoms with Crippen LogP contribution < -0.4 is 10.4 Å². The summed E-state index contributed by atoms with van der Waals surface area (Å²) < 4.78 is 0. The third-order valence-corrected chi connectivity index (χ3v) is 10.5. The molecular weight excluding hydrogens is 324 g/mol. The largest absolute Gasteiger partial charge is 0.424 e. The lowest BCUT2D eigenvalue weighted by Gasteiger charge is -2.42. The summed E-state index contributed by atoms with van der Waals surface area (Å²) in [6.45, 7) is 4.46. The van der Waals surface area contributed by atoms with E-state index in [1.54, 1.807) is 0 Å². The lowest BCUT2D eigenvalue weighted by molar-refractivity contribution is 0.0377. The van der Waals surface area contributed by atoms with Crippen molar-refractivity contribution in [1.82, 2.24) is 0 Å². The van der Waals surface area contributed by atoms with Gasteiger partial charge in [-0.05, 0) is 40.6 Å². The number of aliphatic hydroxyl groups excluding tert-OH is 1. The fraction of sp³-hybridized carbons (Fsp3) is 0.455. The highest BCUT2D eigenvalue weighted by molar-refractivity contribution is 6.98. The van der Waals surface area contributed by atoms with Gasteiger partial charge in [0.25, 0.3) is 8.32 Å². The predicted octanol–water partition coefficient (Wildman–Crippen LogP) is 3.46. The van der Waals surface area contributed by atoms with Gasteiger partial charge in [-0.2, -0.15) is 0 Å². The predicted molar refractivity (Wildman–Crippen MR) is 107 cm³/mol. The molecule has 0 atom stereocenters. The molecule has 3 heteroatoms. The minimum atomic E-state index is -2.86. The summed E-state index contributed by atoms with van der Waals surface area (Å²) in [6.07, 6.45) is 5.12. The smallest absolute Gasteiger partial charge is 0.258 e. The van der Waals surface area contributed by atoms with Gasteiger partial charge in [-0.15, -0.1) is 0 Å². The molecule has 25 heavy (non-hydrogen) atoms. The maximum atomic E-state index is 12.1. The first-order valence-electron chi connectivity index (χ1n) is 9.45. The number of hydrogen-bond acceptors (Lipinski definition) is 2. The third kappa shape index (κ3) is 3.74. The SMILES string of the molecule is CC(C)(CCC[C@H]1C[C@@H](O)C1)[Si](O)(c1ccccc1)c1ccccc1. The van der Waals surface area contributed by atoms with Crippen LogP contribution in [0.15, 0.2) is 60.7 Å². The van der Waals surface area contributed by atoms with Crippen molar-refractivity contribution in [3.63, 3.8) is 0 Å². The molecule has 2 aromatic rings. The van der Waals surface area contributed by atoms with Crippen LogP contribution in [0.4, 0.5) is 0 Å². The molecule has 0 saturated heterocycles. The molecule has 0 heterocycles. The van der Waals surface area contributed by atoms with Gasteiger partial charge in [-0.25, -0.2) is 0 Å². The van der Waals surface area contributed by atoms with E-state index in [0.29, 0.717) is 5.92 Å². The van der Waals surface area contributed by atoms with Gasteiger partial charge < -0.3 is 9.90 Å². The number of hydrogen-bond donors (Lipinski definition) is 2. The summed E-state index contributed by atoms with van der Waals surface area (Å²) in [4.78, 5) is 12.1. The molecule has 2 N–H and O–H groups in total. The van der Waals surface area contributed by atoms with E-state index in [4.69, 9.17) is 0 Å². The molecule has 3 rings (SSSR count). The number of rotatable bonds is 7. The van der Waals surface area contributed by atoms with E-state index in [9.17, 15) is 9.90 Å². The van der Waals surface area contributed by atoms with Crippen LogP contribution in [0.25, 0.3) is 0 Å². The van der Waals surface area contributed by atoms with Crippen LogP contribution >= 0.6 is 0 Å².